The Bertz CT molecular complexity index is 1510. The molecule has 4 aromatic rings. The second-order valence-electron chi connectivity index (χ2n) is 12.1. The van der Waals surface area contributed by atoms with E-state index in [1.165, 1.54) is 0 Å². The third-order valence-electron chi connectivity index (χ3n) is 7.52. The van der Waals surface area contributed by atoms with Crippen molar-refractivity contribution >= 4 is 23.9 Å². The molecule has 8 nitrogen and oxygen atoms in total. The highest BCUT2D eigenvalue weighted by Gasteiger charge is 2.17. The number of benzene rings is 3. The van der Waals surface area contributed by atoms with Gasteiger partial charge in [-0.3, -0.25) is 9.98 Å². The predicted octanol–water partition coefficient (Wildman–Crippen LogP) is 6.80. The number of nitrogens with zero attached hydrogens (tertiary/aromatic N) is 6. The first-order chi connectivity index (χ1) is 22.4. The summed E-state index contributed by atoms with van der Waals surface area (Å²) in [7, 11) is 10.4. The zero-order valence-electron chi connectivity index (χ0n) is 28.2. The van der Waals surface area contributed by atoms with E-state index >= 15 is 0 Å². The van der Waals surface area contributed by atoms with Crippen LogP contribution in [0.5, 0.6) is 0 Å². The standard InChI is InChI=1S/C38H50N8/c1-39-29-35-36(32-19-15-30(16-20-32)27-40-23-9-11-25-45(2)3)43-37(44-38(35)42-34-13-7-6-8-14-34)33-21-17-31(18-22-33)28-41-24-10-12-26-46(4)5/h6-8,13-22,27-28,39H,9-12,23-26,29H2,1-5H3,(H,42,43,44). The minimum absolute atomic E-state index is 0.616. The summed E-state index contributed by atoms with van der Waals surface area (Å²) in [6, 6.07) is 27.0. The van der Waals surface area contributed by atoms with Gasteiger partial charge in [-0.25, -0.2) is 9.97 Å². The van der Waals surface area contributed by atoms with Gasteiger partial charge in [0.25, 0.3) is 0 Å². The lowest BCUT2D eigenvalue weighted by molar-refractivity contribution is 0.396. The van der Waals surface area contributed by atoms with Crippen molar-refractivity contribution < 1.29 is 0 Å². The number of para-hydroxylation sites is 1. The number of aromatic nitrogens is 2. The number of anilines is 2. The van der Waals surface area contributed by atoms with Crippen molar-refractivity contribution in [1.82, 2.24) is 25.1 Å². The summed E-state index contributed by atoms with van der Waals surface area (Å²) in [5, 5.41) is 6.89. The van der Waals surface area contributed by atoms with Crippen LogP contribution in [0.2, 0.25) is 0 Å². The molecule has 0 aliphatic carbocycles. The molecule has 0 aliphatic rings. The van der Waals surface area contributed by atoms with Gasteiger partial charge < -0.3 is 20.4 Å². The first kappa shape index (κ1) is 34.6. The van der Waals surface area contributed by atoms with Gasteiger partial charge in [0.2, 0.25) is 0 Å². The molecule has 0 spiro atoms. The van der Waals surface area contributed by atoms with Gasteiger partial charge in [0.05, 0.1) is 5.69 Å². The number of hydrogen-bond donors (Lipinski definition) is 2. The highest BCUT2D eigenvalue weighted by molar-refractivity contribution is 5.83. The van der Waals surface area contributed by atoms with E-state index in [9.17, 15) is 0 Å². The second-order valence-corrected chi connectivity index (χ2v) is 12.1. The summed E-state index contributed by atoms with van der Waals surface area (Å²) < 4.78 is 0. The Morgan fingerprint density at radius 2 is 1.20 bits per heavy atom. The highest BCUT2D eigenvalue weighted by atomic mass is 15.1. The average molecular weight is 619 g/mol. The van der Waals surface area contributed by atoms with Crippen molar-refractivity contribution in [1.29, 1.82) is 0 Å². The van der Waals surface area contributed by atoms with Gasteiger partial charge in [-0.1, -0.05) is 66.7 Å². The quantitative estimate of drug-likeness (QED) is 0.0944. The molecule has 0 radical (unpaired) electrons. The van der Waals surface area contributed by atoms with E-state index in [-0.39, 0.29) is 0 Å². The summed E-state index contributed by atoms with van der Waals surface area (Å²) >= 11 is 0. The monoisotopic (exact) mass is 618 g/mol. The molecule has 0 saturated carbocycles. The van der Waals surface area contributed by atoms with Crippen LogP contribution >= 0.6 is 0 Å². The molecule has 2 N–H and O–H groups in total. The van der Waals surface area contributed by atoms with E-state index in [1.54, 1.807) is 0 Å². The third-order valence-corrected chi connectivity index (χ3v) is 7.52. The van der Waals surface area contributed by atoms with Gasteiger partial charge in [-0.15, -0.1) is 0 Å². The Kier molecular flexibility index (Phi) is 14.0. The minimum atomic E-state index is 0.616. The van der Waals surface area contributed by atoms with Crippen LogP contribution in [0.1, 0.15) is 42.4 Å². The van der Waals surface area contributed by atoms with E-state index in [0.717, 1.165) is 96.9 Å². The highest BCUT2D eigenvalue weighted by Crippen LogP contribution is 2.31. The average Bonchev–Trinajstić information content (AvgIpc) is 3.06. The zero-order chi connectivity index (χ0) is 32.6. The number of unbranched alkanes of at least 4 members (excludes halogenated alkanes) is 2. The van der Waals surface area contributed by atoms with Gasteiger partial charge in [-0.2, -0.15) is 0 Å². The summed E-state index contributed by atoms with van der Waals surface area (Å²) in [4.78, 5) is 23.9. The molecule has 0 aliphatic heterocycles. The van der Waals surface area contributed by atoms with Crippen molar-refractivity contribution in [3.05, 3.63) is 95.6 Å². The van der Waals surface area contributed by atoms with Crippen molar-refractivity contribution in [3.63, 3.8) is 0 Å². The first-order valence-corrected chi connectivity index (χ1v) is 16.3. The molecular formula is C38H50N8. The van der Waals surface area contributed by atoms with E-state index in [4.69, 9.17) is 9.97 Å². The van der Waals surface area contributed by atoms with Crippen LogP contribution in [0.3, 0.4) is 0 Å². The molecule has 0 atom stereocenters. The Balaban J connectivity index is 1.59. The SMILES string of the molecule is CNCc1c(Nc2ccccc2)nc(-c2ccc(C=NCCCCN(C)C)cc2)nc1-c1ccc(C=NCCCCN(C)C)cc1. The summed E-state index contributed by atoms with van der Waals surface area (Å²) in [5.41, 5.74) is 7.02. The summed E-state index contributed by atoms with van der Waals surface area (Å²) in [6.07, 6.45) is 8.41. The van der Waals surface area contributed by atoms with Crippen molar-refractivity contribution in [2.45, 2.75) is 32.2 Å². The van der Waals surface area contributed by atoms with Crippen LogP contribution in [0.25, 0.3) is 22.6 Å². The Hall–Kier alpha value is -4.24. The number of rotatable bonds is 18. The maximum absolute atomic E-state index is 5.15. The molecule has 0 saturated heterocycles. The maximum atomic E-state index is 5.15. The maximum Gasteiger partial charge on any atom is 0.162 e. The molecule has 4 rings (SSSR count). The minimum Gasteiger partial charge on any atom is -0.340 e. The fourth-order valence-electron chi connectivity index (χ4n) is 5.01. The lowest BCUT2D eigenvalue weighted by Gasteiger charge is -2.17. The normalized spacial score (nSPS) is 11.8. The Labute approximate surface area is 275 Å². The van der Waals surface area contributed by atoms with E-state index < -0.39 is 0 Å². The Morgan fingerprint density at radius 3 is 1.72 bits per heavy atom. The fourth-order valence-corrected chi connectivity index (χ4v) is 5.01. The smallest absolute Gasteiger partial charge is 0.162 e. The van der Waals surface area contributed by atoms with Crippen LogP contribution in [0.15, 0.2) is 88.8 Å². The van der Waals surface area contributed by atoms with Gasteiger partial charge in [0, 0.05) is 54.4 Å². The van der Waals surface area contributed by atoms with Crippen LogP contribution in [0.4, 0.5) is 11.5 Å². The second kappa shape index (κ2) is 18.7. The topological polar surface area (TPSA) is 81.0 Å². The summed E-state index contributed by atoms with van der Waals surface area (Å²) in [6.45, 7) is 4.48. The molecule has 0 bridgehead atoms. The lowest BCUT2D eigenvalue weighted by atomic mass is 10.0. The van der Waals surface area contributed by atoms with E-state index in [1.807, 2.05) is 49.8 Å². The first-order valence-electron chi connectivity index (χ1n) is 16.3. The van der Waals surface area contributed by atoms with Crippen LogP contribution in [-0.2, 0) is 6.54 Å². The van der Waals surface area contributed by atoms with Gasteiger partial charge in [0.15, 0.2) is 5.82 Å². The molecule has 8 heteroatoms. The molecular weight excluding hydrogens is 568 g/mol. The molecule has 3 aromatic carbocycles. The van der Waals surface area contributed by atoms with Crippen LogP contribution in [0, 0.1) is 0 Å². The largest absolute Gasteiger partial charge is 0.340 e. The molecule has 0 amide bonds. The molecule has 0 fully saturated rings. The van der Waals surface area contributed by atoms with E-state index in [0.29, 0.717) is 12.4 Å². The number of aliphatic imine (C=N–C) groups is 2. The molecule has 0 unspecified atom stereocenters. The van der Waals surface area contributed by atoms with Crippen molar-refractivity contribution in [3.8, 4) is 22.6 Å². The third kappa shape index (κ3) is 11.3. The molecule has 1 aromatic heterocycles. The van der Waals surface area contributed by atoms with Crippen molar-refractivity contribution in [2.24, 2.45) is 9.98 Å². The molecule has 46 heavy (non-hydrogen) atoms. The van der Waals surface area contributed by atoms with Gasteiger partial charge in [-0.05, 0) is 97.3 Å². The van der Waals surface area contributed by atoms with Crippen molar-refractivity contribution in [2.75, 3.05) is 66.7 Å². The lowest BCUT2D eigenvalue weighted by Crippen LogP contribution is -2.13. The molecule has 242 valence electrons. The predicted molar refractivity (Wildman–Crippen MR) is 196 cm³/mol. The molecule has 1 heterocycles. The number of hydrogen-bond acceptors (Lipinski definition) is 8. The Morgan fingerprint density at radius 1 is 0.652 bits per heavy atom. The zero-order valence-corrected chi connectivity index (χ0v) is 28.2. The van der Waals surface area contributed by atoms with Gasteiger partial charge >= 0.3 is 0 Å². The number of nitrogens with one attached hydrogen (secondary N) is 2. The fraction of sp³-hybridized carbons (Fsp3) is 0.368. The van der Waals surface area contributed by atoms with Crippen LogP contribution < -0.4 is 10.6 Å². The summed E-state index contributed by atoms with van der Waals surface area (Å²) in [5.74, 6) is 1.45. The van der Waals surface area contributed by atoms with Gasteiger partial charge in [0.1, 0.15) is 5.82 Å². The van der Waals surface area contributed by atoms with Crippen LogP contribution in [-0.4, -0.2) is 93.6 Å². The van der Waals surface area contributed by atoms with E-state index in [2.05, 4.69) is 107 Å².